The summed E-state index contributed by atoms with van der Waals surface area (Å²) in [6.45, 7) is 5.75. The van der Waals surface area contributed by atoms with Gasteiger partial charge in [0.15, 0.2) is 6.29 Å². The standard InChI is InChI=1S/C23H35F3O4/c1-4-5-11-22(3,23(24,25)26)19(30-21-8-6-7-12-28-21)10-9-16-15(2)13-18-17(16)14-20(27)29-18/h9-10,15-19,21H,4-8,11-14H2,1-3H3/b10-9+. The van der Waals surface area contributed by atoms with Crippen LogP contribution in [0.1, 0.15) is 72.1 Å². The molecule has 0 radical (unpaired) electrons. The number of carbonyl (C=O) groups excluding carboxylic acids is 1. The van der Waals surface area contributed by atoms with Crippen molar-refractivity contribution in [2.45, 2.75) is 96.8 Å². The molecule has 0 aromatic carbocycles. The van der Waals surface area contributed by atoms with Crippen LogP contribution in [0.3, 0.4) is 0 Å². The van der Waals surface area contributed by atoms with E-state index in [0.29, 0.717) is 32.3 Å². The minimum atomic E-state index is -4.40. The molecule has 0 spiro atoms. The Morgan fingerprint density at radius 1 is 1.30 bits per heavy atom. The fraction of sp³-hybridized carbons (Fsp3) is 0.870. The summed E-state index contributed by atoms with van der Waals surface area (Å²) in [6, 6.07) is 0. The Hall–Kier alpha value is -1.08. The Labute approximate surface area is 177 Å². The highest BCUT2D eigenvalue weighted by Crippen LogP contribution is 2.49. The van der Waals surface area contributed by atoms with Crippen LogP contribution in [0.5, 0.6) is 0 Å². The number of hydrogen-bond acceptors (Lipinski definition) is 4. The van der Waals surface area contributed by atoms with Crippen LogP contribution in [-0.2, 0) is 19.0 Å². The van der Waals surface area contributed by atoms with Gasteiger partial charge in [0.25, 0.3) is 0 Å². The highest BCUT2D eigenvalue weighted by atomic mass is 19.4. The molecule has 3 fully saturated rings. The van der Waals surface area contributed by atoms with Gasteiger partial charge in [-0.15, -0.1) is 0 Å². The van der Waals surface area contributed by atoms with Crippen molar-refractivity contribution in [3.05, 3.63) is 12.2 Å². The predicted octanol–water partition coefficient (Wildman–Crippen LogP) is 5.80. The molecule has 2 heterocycles. The normalized spacial score (nSPS) is 35.3. The Balaban J connectivity index is 1.84. The van der Waals surface area contributed by atoms with Crippen molar-refractivity contribution in [3.8, 4) is 0 Å². The SMILES string of the molecule is CCCCC(C)(C(/C=C/C1C(C)CC2OC(=O)CC21)OC1CCCCO1)C(F)(F)F. The van der Waals surface area contributed by atoms with Crippen molar-refractivity contribution in [2.75, 3.05) is 6.61 Å². The van der Waals surface area contributed by atoms with Gasteiger partial charge in [-0.25, -0.2) is 0 Å². The van der Waals surface area contributed by atoms with E-state index in [0.717, 1.165) is 19.3 Å². The molecule has 0 aromatic heterocycles. The first kappa shape index (κ1) is 23.6. The smallest absolute Gasteiger partial charge is 0.397 e. The number of allylic oxidation sites excluding steroid dienone is 1. The van der Waals surface area contributed by atoms with Gasteiger partial charge >= 0.3 is 12.1 Å². The quantitative estimate of drug-likeness (QED) is 0.359. The van der Waals surface area contributed by atoms with Crippen LogP contribution in [0.2, 0.25) is 0 Å². The summed E-state index contributed by atoms with van der Waals surface area (Å²) in [4.78, 5) is 11.7. The second-order valence-corrected chi connectivity index (χ2v) is 9.44. The van der Waals surface area contributed by atoms with E-state index in [-0.39, 0.29) is 36.2 Å². The molecule has 0 aromatic rings. The largest absolute Gasteiger partial charge is 0.462 e. The molecule has 1 saturated carbocycles. The second kappa shape index (κ2) is 9.60. The Morgan fingerprint density at radius 3 is 2.70 bits per heavy atom. The molecule has 4 nitrogen and oxygen atoms in total. The average Bonchev–Trinajstić information content (AvgIpc) is 3.17. The molecule has 0 bridgehead atoms. The van der Waals surface area contributed by atoms with Gasteiger partial charge in [0, 0.05) is 12.5 Å². The summed E-state index contributed by atoms with van der Waals surface area (Å²) in [5.41, 5.74) is -2.00. The number of hydrogen-bond donors (Lipinski definition) is 0. The van der Waals surface area contributed by atoms with Gasteiger partial charge in [0.2, 0.25) is 0 Å². The van der Waals surface area contributed by atoms with Crippen molar-refractivity contribution >= 4 is 5.97 Å². The molecular weight excluding hydrogens is 397 g/mol. The predicted molar refractivity (Wildman–Crippen MR) is 107 cm³/mol. The number of rotatable bonds is 8. The van der Waals surface area contributed by atoms with E-state index in [1.807, 2.05) is 13.0 Å². The zero-order valence-electron chi connectivity index (χ0n) is 18.2. The van der Waals surface area contributed by atoms with E-state index in [9.17, 15) is 18.0 Å². The van der Waals surface area contributed by atoms with E-state index in [2.05, 4.69) is 6.92 Å². The van der Waals surface area contributed by atoms with Crippen molar-refractivity contribution in [3.63, 3.8) is 0 Å². The Bertz CT molecular complexity index is 614. The monoisotopic (exact) mass is 432 g/mol. The van der Waals surface area contributed by atoms with E-state index in [1.165, 1.54) is 6.92 Å². The van der Waals surface area contributed by atoms with Crippen LogP contribution in [0.4, 0.5) is 13.2 Å². The number of ether oxygens (including phenoxy) is 3. The Kier molecular flexibility index (Phi) is 7.54. The number of unbranched alkanes of at least 4 members (excludes halogenated alkanes) is 1. The molecule has 2 aliphatic heterocycles. The lowest BCUT2D eigenvalue weighted by molar-refractivity contribution is -0.279. The average molecular weight is 433 g/mol. The maximum Gasteiger partial charge on any atom is 0.397 e. The van der Waals surface area contributed by atoms with Gasteiger partial charge in [-0.3, -0.25) is 4.79 Å². The van der Waals surface area contributed by atoms with Gasteiger partial charge in [-0.05, 0) is 50.9 Å². The highest BCUT2D eigenvalue weighted by molar-refractivity contribution is 5.72. The summed E-state index contributed by atoms with van der Waals surface area (Å²) >= 11 is 0. The maximum atomic E-state index is 14.3. The third-order valence-corrected chi connectivity index (χ3v) is 7.19. The molecule has 172 valence electrons. The number of esters is 1. The van der Waals surface area contributed by atoms with Crippen LogP contribution < -0.4 is 0 Å². The first-order valence-corrected chi connectivity index (χ1v) is 11.4. The number of alkyl halides is 3. The molecule has 0 amide bonds. The molecule has 3 rings (SSSR count). The highest BCUT2D eigenvalue weighted by Gasteiger charge is 2.56. The maximum absolute atomic E-state index is 14.3. The topological polar surface area (TPSA) is 44.8 Å². The first-order valence-electron chi connectivity index (χ1n) is 11.4. The molecular formula is C23H35F3O4. The van der Waals surface area contributed by atoms with Crippen molar-refractivity contribution in [2.24, 2.45) is 23.2 Å². The third-order valence-electron chi connectivity index (χ3n) is 7.19. The number of carbonyl (C=O) groups is 1. The van der Waals surface area contributed by atoms with Crippen LogP contribution >= 0.6 is 0 Å². The van der Waals surface area contributed by atoms with Crippen LogP contribution in [-0.4, -0.2) is 37.3 Å². The van der Waals surface area contributed by atoms with Crippen LogP contribution in [0, 0.1) is 23.2 Å². The van der Waals surface area contributed by atoms with Gasteiger partial charge in [-0.2, -0.15) is 13.2 Å². The molecule has 2 saturated heterocycles. The van der Waals surface area contributed by atoms with Crippen molar-refractivity contribution in [1.82, 2.24) is 0 Å². The lowest BCUT2D eigenvalue weighted by Gasteiger charge is -2.40. The summed E-state index contributed by atoms with van der Waals surface area (Å²) in [5, 5.41) is 0. The summed E-state index contributed by atoms with van der Waals surface area (Å²) in [6.07, 6.45) is 1.88. The molecule has 1 aliphatic carbocycles. The second-order valence-electron chi connectivity index (χ2n) is 9.44. The molecule has 0 N–H and O–H groups in total. The molecule has 3 aliphatic rings. The number of halogens is 3. The van der Waals surface area contributed by atoms with Crippen molar-refractivity contribution < 1.29 is 32.2 Å². The summed E-state index contributed by atoms with van der Waals surface area (Å²) in [7, 11) is 0. The van der Waals surface area contributed by atoms with Crippen LogP contribution in [0.15, 0.2) is 12.2 Å². The fourth-order valence-electron chi connectivity index (χ4n) is 5.12. The lowest BCUT2D eigenvalue weighted by atomic mass is 9.77. The van der Waals surface area contributed by atoms with Crippen molar-refractivity contribution in [1.29, 1.82) is 0 Å². The minimum Gasteiger partial charge on any atom is -0.462 e. The fourth-order valence-corrected chi connectivity index (χ4v) is 5.12. The summed E-state index contributed by atoms with van der Waals surface area (Å²) < 4.78 is 59.7. The Morgan fingerprint density at radius 2 is 2.07 bits per heavy atom. The zero-order valence-corrected chi connectivity index (χ0v) is 18.2. The van der Waals surface area contributed by atoms with E-state index in [4.69, 9.17) is 14.2 Å². The molecule has 7 atom stereocenters. The van der Waals surface area contributed by atoms with E-state index >= 15 is 0 Å². The van der Waals surface area contributed by atoms with Crippen LogP contribution in [0.25, 0.3) is 0 Å². The third kappa shape index (κ3) is 5.04. The minimum absolute atomic E-state index is 0.00258. The molecule has 30 heavy (non-hydrogen) atoms. The summed E-state index contributed by atoms with van der Waals surface area (Å²) in [5.74, 6) is 0.108. The van der Waals surface area contributed by atoms with Gasteiger partial charge in [0.1, 0.15) is 6.10 Å². The first-order chi connectivity index (χ1) is 14.2. The van der Waals surface area contributed by atoms with E-state index in [1.54, 1.807) is 6.08 Å². The van der Waals surface area contributed by atoms with Gasteiger partial charge < -0.3 is 14.2 Å². The zero-order chi connectivity index (χ0) is 21.9. The van der Waals surface area contributed by atoms with Gasteiger partial charge in [-0.1, -0.05) is 38.8 Å². The molecule has 7 heteroatoms. The van der Waals surface area contributed by atoms with Gasteiger partial charge in [0.05, 0.1) is 17.9 Å². The lowest BCUT2D eigenvalue weighted by Crippen LogP contribution is -2.47. The number of fused-ring (bicyclic) bond motifs is 1. The van der Waals surface area contributed by atoms with E-state index < -0.39 is 24.0 Å². The molecule has 7 unspecified atom stereocenters.